The van der Waals surface area contributed by atoms with Gasteiger partial charge in [0.1, 0.15) is 5.67 Å². The zero-order valence-corrected chi connectivity index (χ0v) is 29.1. The number of hydrogen-bond acceptors (Lipinski definition) is 6. The summed E-state index contributed by atoms with van der Waals surface area (Å²) in [6, 6.07) is 12.5. The first-order valence-corrected chi connectivity index (χ1v) is 18.4. The summed E-state index contributed by atoms with van der Waals surface area (Å²) >= 11 is 14.0. The number of alkyl halides is 4. The van der Waals surface area contributed by atoms with Crippen LogP contribution in [-0.2, 0) is 22.0 Å². The molecule has 2 saturated heterocycles. The van der Waals surface area contributed by atoms with Crippen molar-refractivity contribution in [1.29, 1.82) is 0 Å². The third kappa shape index (κ3) is 7.98. The second-order valence-corrected chi connectivity index (χ2v) is 16.0. The molecule has 1 N–H and O–H groups in total. The van der Waals surface area contributed by atoms with Crippen LogP contribution in [0.5, 0.6) is 0 Å². The summed E-state index contributed by atoms with van der Waals surface area (Å²) < 4.78 is 83.2. The standard InChI is InChI=1S/C33H29Cl2F4N5O3S2/c1-32(36)19-43(20-32)49(46,47)18-25-29(31(45)41-42-15-3-2-4-16-42)40-44(27-13-10-23(34)17-26(27)35)30(25)28-14-12-24(48-28)11-7-21-5-8-22(9-6-21)33(37,38)39/h5-6,8-10,12-14,17H,2-4,15-16,18-20H2,1H3,(H,41,45). The smallest absolute Gasteiger partial charge is 0.283 e. The molecule has 4 heterocycles. The quantitative estimate of drug-likeness (QED) is 0.158. The van der Waals surface area contributed by atoms with Gasteiger partial charge in [0.15, 0.2) is 5.69 Å². The van der Waals surface area contributed by atoms with E-state index in [0.717, 1.165) is 35.7 Å². The van der Waals surface area contributed by atoms with Crippen LogP contribution in [0.1, 0.15) is 58.2 Å². The van der Waals surface area contributed by atoms with Crippen LogP contribution in [0.15, 0.2) is 54.6 Å². The van der Waals surface area contributed by atoms with Gasteiger partial charge in [0.2, 0.25) is 10.0 Å². The van der Waals surface area contributed by atoms with Crippen molar-refractivity contribution in [3.8, 4) is 28.1 Å². The summed E-state index contributed by atoms with van der Waals surface area (Å²) in [5.41, 5.74) is 1.28. The number of hydrogen-bond donors (Lipinski definition) is 1. The van der Waals surface area contributed by atoms with E-state index in [4.69, 9.17) is 23.2 Å². The number of thiophene rings is 1. The fourth-order valence-corrected chi connectivity index (χ4v) is 8.78. The molecular formula is C33H29Cl2F4N5O3S2. The number of carbonyl (C=O) groups excluding carboxylic acids is 1. The number of hydrazine groups is 1. The number of halogens is 6. The zero-order valence-electron chi connectivity index (χ0n) is 26.0. The van der Waals surface area contributed by atoms with Crippen LogP contribution in [-0.4, -0.2) is 65.3 Å². The fourth-order valence-electron chi connectivity index (χ4n) is 5.62. The number of benzene rings is 2. The first kappa shape index (κ1) is 35.4. The molecule has 0 radical (unpaired) electrons. The Kier molecular flexibility index (Phi) is 9.89. The highest BCUT2D eigenvalue weighted by atomic mass is 35.5. The van der Waals surface area contributed by atoms with E-state index in [9.17, 15) is 30.8 Å². The summed E-state index contributed by atoms with van der Waals surface area (Å²) in [5.74, 6) is 4.53. The van der Waals surface area contributed by atoms with Crippen LogP contribution in [0.4, 0.5) is 17.6 Å². The van der Waals surface area contributed by atoms with E-state index in [1.165, 1.54) is 41.1 Å². The fraction of sp³-hybridized carbons (Fsp3) is 0.333. The van der Waals surface area contributed by atoms with E-state index < -0.39 is 39.1 Å². The van der Waals surface area contributed by atoms with Gasteiger partial charge in [-0.25, -0.2) is 22.5 Å². The Balaban J connectivity index is 1.45. The third-order valence-electron chi connectivity index (χ3n) is 8.07. The first-order valence-electron chi connectivity index (χ1n) is 15.2. The zero-order chi connectivity index (χ0) is 35.1. The molecule has 8 nitrogen and oxygen atoms in total. The van der Waals surface area contributed by atoms with Gasteiger partial charge >= 0.3 is 6.18 Å². The number of amides is 1. The van der Waals surface area contributed by atoms with E-state index in [2.05, 4.69) is 22.4 Å². The molecule has 0 unspecified atom stereocenters. The van der Waals surface area contributed by atoms with Gasteiger partial charge in [-0.2, -0.15) is 22.6 Å². The first-order chi connectivity index (χ1) is 23.1. The molecule has 2 aliphatic heterocycles. The van der Waals surface area contributed by atoms with Gasteiger partial charge < -0.3 is 0 Å². The van der Waals surface area contributed by atoms with E-state index in [0.29, 0.717) is 39.1 Å². The Bertz CT molecular complexity index is 2060. The van der Waals surface area contributed by atoms with Gasteiger partial charge in [0.05, 0.1) is 37.5 Å². The minimum atomic E-state index is -4.47. The number of nitrogens with one attached hydrogen (secondary N) is 1. The van der Waals surface area contributed by atoms with Gasteiger partial charge in [-0.05, 0) is 74.4 Å². The Morgan fingerprint density at radius 1 is 1.02 bits per heavy atom. The number of carbonyl (C=O) groups is 1. The van der Waals surface area contributed by atoms with Gasteiger partial charge in [-0.1, -0.05) is 41.5 Å². The molecule has 2 fully saturated rings. The van der Waals surface area contributed by atoms with Crippen LogP contribution >= 0.6 is 34.5 Å². The van der Waals surface area contributed by atoms with Gasteiger partial charge in [0.25, 0.3) is 5.91 Å². The number of rotatable bonds is 7. The van der Waals surface area contributed by atoms with Crippen LogP contribution < -0.4 is 5.43 Å². The van der Waals surface area contributed by atoms with Crippen LogP contribution in [0, 0.1) is 11.8 Å². The Labute approximate surface area is 294 Å². The van der Waals surface area contributed by atoms with Crippen molar-refractivity contribution in [3.63, 3.8) is 0 Å². The monoisotopic (exact) mass is 753 g/mol. The highest BCUT2D eigenvalue weighted by Gasteiger charge is 2.46. The van der Waals surface area contributed by atoms with Crippen molar-refractivity contribution in [3.05, 3.63) is 91.9 Å². The molecule has 0 aliphatic carbocycles. The second kappa shape index (κ2) is 13.7. The normalized spacial score (nSPS) is 16.9. The van der Waals surface area contributed by atoms with Gasteiger partial charge in [-0.15, -0.1) is 11.3 Å². The second-order valence-electron chi connectivity index (χ2n) is 12.1. The molecule has 4 aromatic rings. The molecule has 0 saturated carbocycles. The molecule has 2 aromatic heterocycles. The molecule has 2 aliphatic rings. The lowest BCUT2D eigenvalue weighted by Crippen LogP contribution is -2.59. The van der Waals surface area contributed by atoms with E-state index in [1.54, 1.807) is 29.3 Å². The number of piperidine rings is 1. The van der Waals surface area contributed by atoms with Gasteiger partial charge in [-0.3, -0.25) is 10.2 Å². The topological polar surface area (TPSA) is 87.5 Å². The predicted molar refractivity (Wildman–Crippen MR) is 181 cm³/mol. The summed E-state index contributed by atoms with van der Waals surface area (Å²) in [5, 5.41) is 6.93. The molecule has 1 amide bonds. The minimum absolute atomic E-state index is 0.0806. The number of sulfonamides is 1. The maximum absolute atomic E-state index is 14.4. The molecular weight excluding hydrogens is 725 g/mol. The number of nitrogens with zero attached hydrogens (tertiary/aromatic N) is 4. The van der Waals surface area contributed by atoms with E-state index in [-0.39, 0.29) is 35.1 Å². The molecule has 258 valence electrons. The molecule has 16 heteroatoms. The molecule has 0 atom stereocenters. The lowest BCUT2D eigenvalue weighted by molar-refractivity contribution is -0.137. The maximum Gasteiger partial charge on any atom is 0.416 e. The third-order valence-corrected chi connectivity index (χ3v) is 11.3. The van der Waals surface area contributed by atoms with Crippen LogP contribution in [0.2, 0.25) is 10.0 Å². The average molecular weight is 755 g/mol. The van der Waals surface area contributed by atoms with Crippen molar-refractivity contribution >= 4 is 50.5 Å². The van der Waals surface area contributed by atoms with Gasteiger partial charge in [0, 0.05) is 42.3 Å². The summed E-state index contributed by atoms with van der Waals surface area (Å²) in [4.78, 5) is 14.8. The SMILES string of the molecule is CC1(F)CN(S(=O)(=O)Cc2c(C(=O)NN3CCCCC3)nn(-c3ccc(Cl)cc3Cl)c2-c2ccc(C#Cc3ccc(C(F)(F)F)cc3)s2)C1. The lowest BCUT2D eigenvalue weighted by atomic mass is 10.0. The Morgan fingerprint density at radius 3 is 2.35 bits per heavy atom. The van der Waals surface area contributed by atoms with E-state index >= 15 is 0 Å². The summed E-state index contributed by atoms with van der Waals surface area (Å²) in [7, 11) is -4.12. The minimum Gasteiger partial charge on any atom is -0.283 e. The highest BCUT2D eigenvalue weighted by Crippen LogP contribution is 2.39. The highest BCUT2D eigenvalue weighted by molar-refractivity contribution is 7.88. The maximum atomic E-state index is 14.4. The lowest BCUT2D eigenvalue weighted by Gasteiger charge is -2.40. The average Bonchev–Trinajstić information content (AvgIpc) is 3.63. The molecule has 2 aromatic carbocycles. The molecule has 49 heavy (non-hydrogen) atoms. The molecule has 0 bridgehead atoms. The molecule has 6 rings (SSSR count). The van der Waals surface area contributed by atoms with Crippen LogP contribution in [0.25, 0.3) is 16.3 Å². The summed E-state index contributed by atoms with van der Waals surface area (Å²) in [6.45, 7) is 1.91. The van der Waals surface area contributed by atoms with Crippen molar-refractivity contribution in [1.82, 2.24) is 24.5 Å². The van der Waals surface area contributed by atoms with E-state index in [1.807, 2.05) is 0 Å². The van der Waals surface area contributed by atoms with Crippen LogP contribution in [0.3, 0.4) is 0 Å². The number of aromatic nitrogens is 2. The van der Waals surface area contributed by atoms with Crippen molar-refractivity contribution in [2.75, 3.05) is 26.2 Å². The summed E-state index contributed by atoms with van der Waals surface area (Å²) in [6.07, 6.45) is -1.69. The molecule has 0 spiro atoms. The van der Waals surface area contributed by atoms with Crippen molar-refractivity contribution in [2.45, 2.75) is 43.8 Å². The van der Waals surface area contributed by atoms with Crippen molar-refractivity contribution in [2.24, 2.45) is 0 Å². The largest absolute Gasteiger partial charge is 0.416 e. The Hall–Kier alpha value is -3.45. The Morgan fingerprint density at radius 2 is 1.71 bits per heavy atom. The predicted octanol–water partition coefficient (Wildman–Crippen LogP) is 7.33. The van der Waals surface area contributed by atoms with Crippen molar-refractivity contribution < 1.29 is 30.8 Å².